The lowest BCUT2D eigenvalue weighted by atomic mass is 10.2. The van der Waals surface area contributed by atoms with Gasteiger partial charge in [-0.05, 0) is 15.9 Å². The van der Waals surface area contributed by atoms with E-state index in [1.165, 1.54) is 28.8 Å². The van der Waals surface area contributed by atoms with Crippen molar-refractivity contribution in [2.75, 3.05) is 0 Å². The number of aromatic nitrogens is 4. The van der Waals surface area contributed by atoms with Crippen LogP contribution in [0, 0.1) is 10.1 Å². The summed E-state index contributed by atoms with van der Waals surface area (Å²) in [7, 11) is 0. The van der Waals surface area contributed by atoms with E-state index in [1.807, 2.05) is 0 Å². The largest absolute Gasteiger partial charge is 0.348 e. The number of H-pyrrole nitrogens is 1. The third-order valence-corrected chi connectivity index (χ3v) is 3.32. The van der Waals surface area contributed by atoms with Crippen LogP contribution in [0.4, 0.5) is 5.69 Å². The summed E-state index contributed by atoms with van der Waals surface area (Å²) in [5, 5.41) is 16.8. The van der Waals surface area contributed by atoms with E-state index in [1.54, 1.807) is 6.07 Å². The van der Waals surface area contributed by atoms with Gasteiger partial charge in [-0.1, -0.05) is 12.1 Å². The molecule has 0 fully saturated rings. The molecule has 100 valence electrons. The first-order valence-electron chi connectivity index (χ1n) is 5.44. The van der Waals surface area contributed by atoms with Gasteiger partial charge in [-0.25, -0.2) is 19.3 Å². The number of fused-ring (bicyclic) bond motifs is 1. The number of nitrogens with one attached hydrogen (secondary N) is 1. The van der Waals surface area contributed by atoms with Crippen molar-refractivity contribution in [3.05, 3.63) is 55.7 Å². The summed E-state index contributed by atoms with van der Waals surface area (Å²) in [6.45, 7) is 0. The number of non-ortho nitro benzene ring substituents is 1. The molecule has 0 aliphatic heterocycles. The highest BCUT2D eigenvalue weighted by Crippen LogP contribution is 2.26. The molecule has 0 saturated heterocycles. The summed E-state index contributed by atoms with van der Waals surface area (Å²) in [4.78, 5) is 26.4. The molecule has 0 atom stereocenters. The van der Waals surface area contributed by atoms with E-state index >= 15 is 0 Å². The lowest BCUT2D eigenvalue weighted by Crippen LogP contribution is -2.17. The van der Waals surface area contributed by atoms with Gasteiger partial charge in [-0.3, -0.25) is 10.1 Å². The van der Waals surface area contributed by atoms with Crippen molar-refractivity contribution in [2.45, 2.75) is 0 Å². The third kappa shape index (κ3) is 1.88. The number of rotatable bonds is 2. The molecule has 0 radical (unpaired) electrons. The zero-order chi connectivity index (χ0) is 14.3. The summed E-state index contributed by atoms with van der Waals surface area (Å²) < 4.78 is 1.74. The molecule has 2 heterocycles. The highest BCUT2D eigenvalue weighted by molar-refractivity contribution is 9.10. The maximum atomic E-state index is 11.9. The highest BCUT2D eigenvalue weighted by Gasteiger charge is 2.16. The molecule has 2 aromatic heterocycles. The second kappa shape index (κ2) is 4.53. The molecule has 0 bridgehead atoms. The predicted molar refractivity (Wildman–Crippen MR) is 73.4 cm³/mol. The average Bonchev–Trinajstić information content (AvgIpc) is 2.78. The topological polar surface area (TPSA) is 106 Å². The van der Waals surface area contributed by atoms with Gasteiger partial charge in [-0.2, -0.15) is 5.10 Å². The Balaban J connectivity index is 2.33. The fourth-order valence-electron chi connectivity index (χ4n) is 1.87. The average molecular weight is 336 g/mol. The van der Waals surface area contributed by atoms with Crippen LogP contribution in [0.5, 0.6) is 0 Å². The molecule has 0 aliphatic rings. The lowest BCUT2D eigenvalue weighted by Gasteiger charge is -1.99. The summed E-state index contributed by atoms with van der Waals surface area (Å²) >= 11 is 3.24. The first-order valence-corrected chi connectivity index (χ1v) is 6.23. The van der Waals surface area contributed by atoms with Crippen molar-refractivity contribution in [1.29, 1.82) is 0 Å². The molecular weight excluding hydrogens is 330 g/mol. The molecular formula is C11H6BrN5O3. The Morgan fingerprint density at radius 2 is 2.20 bits per heavy atom. The Labute approximate surface area is 119 Å². The van der Waals surface area contributed by atoms with Crippen LogP contribution in [0.15, 0.2) is 39.9 Å². The van der Waals surface area contributed by atoms with Crippen molar-refractivity contribution >= 4 is 27.1 Å². The minimum absolute atomic E-state index is 0.0687. The minimum Gasteiger partial charge on any atom is -0.258 e. The van der Waals surface area contributed by atoms with E-state index in [2.05, 4.69) is 31.1 Å². The van der Waals surface area contributed by atoms with Crippen molar-refractivity contribution in [2.24, 2.45) is 0 Å². The van der Waals surface area contributed by atoms with E-state index in [9.17, 15) is 14.9 Å². The van der Waals surface area contributed by atoms with Gasteiger partial charge in [0.05, 0.1) is 11.1 Å². The van der Waals surface area contributed by atoms with Gasteiger partial charge in [0, 0.05) is 17.7 Å². The van der Waals surface area contributed by atoms with Crippen LogP contribution in [-0.4, -0.2) is 24.5 Å². The highest BCUT2D eigenvalue weighted by atomic mass is 79.9. The number of nitro benzene ring substituents is 1. The normalized spacial score (nSPS) is 10.8. The molecule has 8 nitrogen and oxygen atoms in total. The summed E-state index contributed by atoms with van der Waals surface area (Å²) in [6.07, 6.45) is 1.44. The molecule has 0 spiro atoms. The molecule has 0 amide bonds. The van der Waals surface area contributed by atoms with Crippen molar-refractivity contribution < 1.29 is 4.92 Å². The first-order chi connectivity index (χ1) is 9.58. The van der Waals surface area contributed by atoms with Gasteiger partial charge in [-0.15, -0.1) is 0 Å². The Bertz CT molecular complexity index is 885. The second-order valence-corrected chi connectivity index (χ2v) is 4.68. The van der Waals surface area contributed by atoms with Crippen LogP contribution < -0.4 is 5.69 Å². The SMILES string of the molecule is O=c1[nH]ncc2c(Br)nc(-c3cccc([N+](=O)[O-])c3)n12. The molecule has 3 aromatic rings. The van der Waals surface area contributed by atoms with E-state index in [4.69, 9.17) is 0 Å². The van der Waals surface area contributed by atoms with Gasteiger partial charge < -0.3 is 0 Å². The monoisotopic (exact) mass is 335 g/mol. The van der Waals surface area contributed by atoms with E-state index < -0.39 is 10.6 Å². The molecule has 1 N–H and O–H groups in total. The van der Waals surface area contributed by atoms with Crippen LogP contribution in [0.25, 0.3) is 16.9 Å². The standard InChI is InChI=1S/C11H6BrN5O3/c12-9-8-5-13-15-11(18)16(8)10(14-9)6-2-1-3-7(4-6)17(19)20/h1-5H,(H,15,18). The van der Waals surface area contributed by atoms with Crippen LogP contribution in [0.1, 0.15) is 0 Å². The third-order valence-electron chi connectivity index (χ3n) is 2.73. The minimum atomic E-state index is -0.500. The predicted octanol–water partition coefficient (Wildman–Crippen LogP) is 1.76. The maximum absolute atomic E-state index is 11.9. The first kappa shape index (κ1) is 12.5. The number of aromatic amines is 1. The number of imidazole rings is 1. The number of benzene rings is 1. The molecule has 1 aromatic carbocycles. The number of nitro groups is 1. The Hall–Kier alpha value is -2.55. The molecule has 0 unspecified atom stereocenters. The van der Waals surface area contributed by atoms with E-state index in [-0.39, 0.29) is 5.69 Å². The maximum Gasteiger partial charge on any atom is 0.348 e. The molecule has 9 heteroatoms. The number of hydrogen-bond donors (Lipinski definition) is 1. The van der Waals surface area contributed by atoms with Crippen molar-refractivity contribution in [3.8, 4) is 11.4 Å². The van der Waals surface area contributed by atoms with Crippen molar-refractivity contribution in [3.63, 3.8) is 0 Å². The quantitative estimate of drug-likeness (QED) is 0.567. The second-order valence-electron chi connectivity index (χ2n) is 3.93. The van der Waals surface area contributed by atoms with E-state index in [0.717, 1.165) is 0 Å². The van der Waals surface area contributed by atoms with Crippen LogP contribution in [0.3, 0.4) is 0 Å². The van der Waals surface area contributed by atoms with E-state index in [0.29, 0.717) is 21.5 Å². The number of hydrogen-bond acceptors (Lipinski definition) is 5. The van der Waals surface area contributed by atoms with Gasteiger partial charge in [0.1, 0.15) is 15.9 Å². The van der Waals surface area contributed by atoms with Gasteiger partial charge in [0.25, 0.3) is 5.69 Å². The number of nitrogens with zero attached hydrogens (tertiary/aromatic N) is 4. The number of halogens is 1. The summed E-state index contributed by atoms with van der Waals surface area (Å²) in [5.41, 5.74) is 0.412. The zero-order valence-corrected chi connectivity index (χ0v) is 11.4. The summed E-state index contributed by atoms with van der Waals surface area (Å²) in [6, 6.07) is 5.92. The van der Waals surface area contributed by atoms with Crippen LogP contribution in [-0.2, 0) is 0 Å². The van der Waals surface area contributed by atoms with Crippen LogP contribution >= 0.6 is 15.9 Å². The molecule has 20 heavy (non-hydrogen) atoms. The Morgan fingerprint density at radius 1 is 1.40 bits per heavy atom. The van der Waals surface area contributed by atoms with Gasteiger partial charge in [0.15, 0.2) is 0 Å². The molecule has 0 saturated carbocycles. The lowest BCUT2D eigenvalue weighted by molar-refractivity contribution is -0.384. The van der Waals surface area contributed by atoms with Gasteiger partial charge >= 0.3 is 5.69 Å². The Morgan fingerprint density at radius 3 is 2.95 bits per heavy atom. The van der Waals surface area contributed by atoms with Crippen LogP contribution in [0.2, 0.25) is 0 Å². The smallest absolute Gasteiger partial charge is 0.258 e. The Kier molecular flexibility index (Phi) is 2.83. The van der Waals surface area contributed by atoms with Gasteiger partial charge in [0.2, 0.25) is 0 Å². The van der Waals surface area contributed by atoms with Crippen molar-refractivity contribution in [1.82, 2.24) is 19.6 Å². The molecule has 3 rings (SSSR count). The zero-order valence-electron chi connectivity index (χ0n) is 9.78. The molecule has 0 aliphatic carbocycles. The summed E-state index contributed by atoms with van der Waals surface area (Å²) in [5.74, 6) is 0.305. The fourth-order valence-corrected chi connectivity index (χ4v) is 2.32. The fraction of sp³-hybridized carbons (Fsp3) is 0.